The second-order valence-electron chi connectivity index (χ2n) is 7.92. The molecule has 2 aliphatic rings. The largest absolute Gasteiger partial charge is 0.469 e. The Morgan fingerprint density at radius 3 is 2.70 bits per heavy atom. The molecule has 0 saturated carbocycles. The van der Waals surface area contributed by atoms with Gasteiger partial charge in [0.05, 0.1) is 13.0 Å². The predicted octanol–water partition coefficient (Wildman–Crippen LogP) is 1.73. The highest BCUT2D eigenvalue weighted by molar-refractivity contribution is 5.86. The fourth-order valence-electron chi connectivity index (χ4n) is 4.26. The summed E-state index contributed by atoms with van der Waals surface area (Å²) < 4.78 is 4.82. The molecule has 6 nitrogen and oxygen atoms in total. The summed E-state index contributed by atoms with van der Waals surface area (Å²) >= 11 is 0. The number of ether oxygens (including phenoxy) is 1. The van der Waals surface area contributed by atoms with Gasteiger partial charge in [0.2, 0.25) is 0 Å². The molecule has 0 radical (unpaired) electrons. The first-order valence-corrected chi connectivity index (χ1v) is 9.79. The van der Waals surface area contributed by atoms with Crippen molar-refractivity contribution in [3.8, 4) is 0 Å². The van der Waals surface area contributed by atoms with Gasteiger partial charge in [-0.3, -0.25) is 14.5 Å². The molecule has 3 rings (SSSR count). The van der Waals surface area contributed by atoms with Gasteiger partial charge in [0.15, 0.2) is 5.60 Å². The standard InChI is InChI=1S/C21H30N2O4/c1-16-5-3-6-17(13-16)14-23-10-4-9-21(26,20(23)25)15-22-11-7-18(8-12-22)19(24)27-2/h3,5-6,13,18,26H,4,7-12,14-15H2,1-2H3. The fourth-order valence-corrected chi connectivity index (χ4v) is 4.26. The third-order valence-corrected chi connectivity index (χ3v) is 5.77. The molecule has 2 aliphatic heterocycles. The molecule has 0 aromatic heterocycles. The van der Waals surface area contributed by atoms with Crippen molar-refractivity contribution >= 4 is 11.9 Å². The van der Waals surface area contributed by atoms with Gasteiger partial charge in [-0.2, -0.15) is 0 Å². The molecule has 0 spiro atoms. The zero-order chi connectivity index (χ0) is 19.4. The molecule has 1 amide bonds. The van der Waals surface area contributed by atoms with Crippen LogP contribution in [0.15, 0.2) is 24.3 Å². The number of hydrogen-bond acceptors (Lipinski definition) is 5. The van der Waals surface area contributed by atoms with Crippen LogP contribution >= 0.6 is 0 Å². The van der Waals surface area contributed by atoms with E-state index in [-0.39, 0.29) is 17.8 Å². The Kier molecular flexibility index (Phi) is 6.17. The van der Waals surface area contributed by atoms with E-state index in [0.29, 0.717) is 52.0 Å². The van der Waals surface area contributed by atoms with E-state index in [9.17, 15) is 14.7 Å². The quantitative estimate of drug-likeness (QED) is 0.795. The topological polar surface area (TPSA) is 70.1 Å². The highest BCUT2D eigenvalue weighted by Gasteiger charge is 2.44. The lowest BCUT2D eigenvalue weighted by atomic mass is 9.89. The van der Waals surface area contributed by atoms with Gasteiger partial charge in [-0.25, -0.2) is 0 Å². The van der Waals surface area contributed by atoms with E-state index in [4.69, 9.17) is 4.74 Å². The number of aliphatic hydroxyl groups is 1. The predicted molar refractivity (Wildman–Crippen MR) is 102 cm³/mol. The zero-order valence-electron chi connectivity index (χ0n) is 16.3. The van der Waals surface area contributed by atoms with Gasteiger partial charge in [0.25, 0.3) is 5.91 Å². The average Bonchev–Trinajstić information content (AvgIpc) is 2.66. The molecular weight excluding hydrogens is 344 g/mol. The summed E-state index contributed by atoms with van der Waals surface area (Å²) in [6, 6.07) is 8.14. The lowest BCUT2D eigenvalue weighted by Crippen LogP contribution is -2.59. The van der Waals surface area contributed by atoms with Gasteiger partial charge in [-0.15, -0.1) is 0 Å². The molecule has 6 heteroatoms. The van der Waals surface area contributed by atoms with Gasteiger partial charge < -0.3 is 14.7 Å². The molecule has 2 saturated heterocycles. The Bertz CT molecular complexity index is 685. The third kappa shape index (κ3) is 4.68. The number of likely N-dealkylation sites (tertiary alicyclic amines) is 2. The van der Waals surface area contributed by atoms with Crippen molar-refractivity contribution < 1.29 is 19.4 Å². The summed E-state index contributed by atoms with van der Waals surface area (Å²) in [5.41, 5.74) is 0.923. The van der Waals surface area contributed by atoms with E-state index in [2.05, 4.69) is 11.0 Å². The van der Waals surface area contributed by atoms with Gasteiger partial charge >= 0.3 is 5.97 Å². The number of carbonyl (C=O) groups is 2. The molecule has 1 unspecified atom stereocenters. The first-order valence-electron chi connectivity index (χ1n) is 9.79. The van der Waals surface area contributed by atoms with Crippen molar-refractivity contribution in [2.24, 2.45) is 5.92 Å². The highest BCUT2D eigenvalue weighted by Crippen LogP contribution is 2.27. The number of methoxy groups -OCH3 is 1. The average molecular weight is 374 g/mol. The first-order chi connectivity index (χ1) is 12.9. The van der Waals surface area contributed by atoms with Crippen LogP contribution < -0.4 is 0 Å². The first kappa shape index (κ1) is 19.8. The minimum Gasteiger partial charge on any atom is -0.469 e. The lowest BCUT2D eigenvalue weighted by molar-refractivity contribution is -0.161. The van der Waals surface area contributed by atoms with E-state index in [1.165, 1.54) is 12.7 Å². The Labute approximate surface area is 161 Å². The molecule has 1 aromatic rings. The SMILES string of the molecule is COC(=O)C1CCN(CC2(O)CCCN(Cc3cccc(C)c3)C2=O)CC1. The van der Waals surface area contributed by atoms with E-state index in [1.54, 1.807) is 4.90 Å². The Balaban J connectivity index is 1.60. The molecule has 1 aromatic carbocycles. The fraction of sp³-hybridized carbons (Fsp3) is 0.619. The van der Waals surface area contributed by atoms with E-state index in [1.807, 2.05) is 25.1 Å². The van der Waals surface area contributed by atoms with Crippen molar-refractivity contribution in [3.05, 3.63) is 35.4 Å². The van der Waals surface area contributed by atoms with Crippen molar-refractivity contribution in [3.63, 3.8) is 0 Å². The molecular formula is C21H30N2O4. The lowest BCUT2D eigenvalue weighted by Gasteiger charge is -2.42. The van der Waals surface area contributed by atoms with Crippen LogP contribution in [0.2, 0.25) is 0 Å². The minimum absolute atomic E-state index is 0.0687. The van der Waals surface area contributed by atoms with Crippen LogP contribution in [0.1, 0.15) is 36.8 Å². The summed E-state index contributed by atoms with van der Waals surface area (Å²) in [4.78, 5) is 28.6. The van der Waals surface area contributed by atoms with Gasteiger partial charge in [-0.05, 0) is 51.3 Å². The third-order valence-electron chi connectivity index (χ3n) is 5.77. The van der Waals surface area contributed by atoms with Gasteiger partial charge in [-0.1, -0.05) is 29.8 Å². The number of carbonyl (C=O) groups excluding carboxylic acids is 2. The van der Waals surface area contributed by atoms with E-state index < -0.39 is 5.60 Å². The van der Waals surface area contributed by atoms with Crippen molar-refractivity contribution in [2.75, 3.05) is 33.3 Å². The second-order valence-corrected chi connectivity index (χ2v) is 7.92. The number of piperidine rings is 2. The zero-order valence-corrected chi connectivity index (χ0v) is 16.3. The van der Waals surface area contributed by atoms with Crippen molar-refractivity contribution in [1.82, 2.24) is 9.80 Å². The van der Waals surface area contributed by atoms with Gasteiger partial charge in [0, 0.05) is 19.6 Å². The number of benzene rings is 1. The Morgan fingerprint density at radius 2 is 2.04 bits per heavy atom. The highest BCUT2D eigenvalue weighted by atomic mass is 16.5. The number of hydrogen-bond donors (Lipinski definition) is 1. The second kappa shape index (κ2) is 8.40. The number of β-amino-alcohol motifs (C(OH)–C–C–N with tert-alkyl or cyclic N) is 1. The number of esters is 1. The molecule has 1 N–H and O–H groups in total. The Hall–Kier alpha value is -1.92. The maximum absolute atomic E-state index is 13.0. The van der Waals surface area contributed by atoms with Crippen LogP contribution in [0.25, 0.3) is 0 Å². The normalized spacial score (nSPS) is 24.9. The maximum Gasteiger partial charge on any atom is 0.308 e. The van der Waals surface area contributed by atoms with Gasteiger partial charge in [0.1, 0.15) is 0 Å². The minimum atomic E-state index is -1.33. The molecule has 148 valence electrons. The van der Waals surface area contributed by atoms with E-state index >= 15 is 0 Å². The number of aryl methyl sites for hydroxylation is 1. The smallest absolute Gasteiger partial charge is 0.308 e. The van der Waals surface area contributed by atoms with Crippen molar-refractivity contribution in [2.45, 2.75) is 44.8 Å². The van der Waals surface area contributed by atoms with Crippen LogP contribution in [0, 0.1) is 12.8 Å². The van der Waals surface area contributed by atoms with Crippen LogP contribution in [-0.2, 0) is 20.9 Å². The summed E-state index contributed by atoms with van der Waals surface area (Å²) in [5, 5.41) is 11.1. The molecule has 2 heterocycles. The number of rotatable bonds is 5. The van der Waals surface area contributed by atoms with Crippen molar-refractivity contribution in [1.29, 1.82) is 0 Å². The number of amides is 1. The van der Waals surface area contributed by atoms with E-state index in [0.717, 1.165) is 12.0 Å². The number of nitrogens with zero attached hydrogens (tertiary/aromatic N) is 2. The summed E-state index contributed by atoms with van der Waals surface area (Å²) in [7, 11) is 1.42. The summed E-state index contributed by atoms with van der Waals surface area (Å²) in [6.07, 6.45) is 2.72. The summed E-state index contributed by atoms with van der Waals surface area (Å²) in [6.45, 7) is 4.99. The monoisotopic (exact) mass is 374 g/mol. The van der Waals surface area contributed by atoms with Crippen LogP contribution in [0.4, 0.5) is 0 Å². The maximum atomic E-state index is 13.0. The molecule has 0 aliphatic carbocycles. The molecule has 1 atom stereocenters. The van der Waals surface area contributed by atoms with Crippen LogP contribution in [0.3, 0.4) is 0 Å². The molecule has 0 bridgehead atoms. The summed E-state index contributed by atoms with van der Waals surface area (Å²) in [5.74, 6) is -0.405. The Morgan fingerprint density at radius 1 is 1.30 bits per heavy atom. The molecule has 2 fully saturated rings. The molecule has 27 heavy (non-hydrogen) atoms. The van der Waals surface area contributed by atoms with Crippen LogP contribution in [0.5, 0.6) is 0 Å². The van der Waals surface area contributed by atoms with Crippen LogP contribution in [-0.4, -0.2) is 65.7 Å².